The van der Waals surface area contributed by atoms with Gasteiger partial charge in [0, 0.05) is 11.6 Å². The predicted octanol–water partition coefficient (Wildman–Crippen LogP) is 2.06. The van der Waals surface area contributed by atoms with Gasteiger partial charge in [0.25, 0.3) is 5.91 Å². The Morgan fingerprint density at radius 2 is 2.22 bits per heavy atom. The molecule has 2 unspecified atom stereocenters. The molecule has 23 heavy (non-hydrogen) atoms. The van der Waals surface area contributed by atoms with Crippen molar-refractivity contribution >= 4 is 11.6 Å². The van der Waals surface area contributed by atoms with Gasteiger partial charge in [-0.25, -0.2) is 4.39 Å². The number of rotatable bonds is 2. The summed E-state index contributed by atoms with van der Waals surface area (Å²) >= 11 is 0. The molecule has 3 aliphatic rings. The van der Waals surface area contributed by atoms with Crippen LogP contribution in [0.15, 0.2) is 59.5 Å². The van der Waals surface area contributed by atoms with Crippen LogP contribution in [-0.2, 0) is 4.79 Å². The van der Waals surface area contributed by atoms with E-state index < -0.39 is 11.9 Å². The molecule has 2 atom stereocenters. The summed E-state index contributed by atoms with van der Waals surface area (Å²) in [5.41, 5.74) is 1.09. The molecule has 1 aromatic rings. The van der Waals surface area contributed by atoms with Gasteiger partial charge in [-0.05, 0) is 18.2 Å². The van der Waals surface area contributed by atoms with Crippen molar-refractivity contribution in [3.8, 4) is 5.75 Å². The number of allylic oxidation sites excluding steroid dienone is 2. The highest BCUT2D eigenvalue weighted by molar-refractivity contribution is 6.06. The van der Waals surface area contributed by atoms with Gasteiger partial charge in [-0.2, -0.15) is 0 Å². The molecule has 1 fully saturated rings. The molecule has 1 amide bonds. The first kappa shape index (κ1) is 13.8. The van der Waals surface area contributed by atoms with Gasteiger partial charge in [-0.1, -0.05) is 18.2 Å². The van der Waals surface area contributed by atoms with E-state index in [-0.39, 0.29) is 11.9 Å². The number of nitrogens with one attached hydrogen (secondary N) is 1. The van der Waals surface area contributed by atoms with Gasteiger partial charge in [0.05, 0.1) is 25.1 Å². The van der Waals surface area contributed by atoms with Crippen LogP contribution in [0.2, 0.25) is 0 Å². The van der Waals surface area contributed by atoms with Crippen LogP contribution in [0.4, 0.5) is 4.39 Å². The number of amides is 1. The number of methoxy groups -OCH3 is 1. The quantitative estimate of drug-likeness (QED) is 0.909. The van der Waals surface area contributed by atoms with Gasteiger partial charge in [0.1, 0.15) is 23.4 Å². The molecule has 1 aromatic carbocycles. The normalized spacial score (nSPS) is 24.6. The Morgan fingerprint density at radius 3 is 3.00 bits per heavy atom. The Bertz CT molecular complexity index is 810. The smallest absolute Gasteiger partial charge is 0.256 e. The van der Waals surface area contributed by atoms with E-state index in [0.29, 0.717) is 17.1 Å². The summed E-state index contributed by atoms with van der Waals surface area (Å²) in [4.78, 5) is 18.8. The summed E-state index contributed by atoms with van der Waals surface area (Å²) in [6, 6.07) is 3.49. The molecule has 0 bridgehead atoms. The van der Waals surface area contributed by atoms with Crippen LogP contribution in [0.1, 0.15) is 11.6 Å². The van der Waals surface area contributed by atoms with Crippen LogP contribution < -0.4 is 10.1 Å². The molecular weight excluding hydrogens is 297 g/mol. The molecule has 0 saturated carbocycles. The van der Waals surface area contributed by atoms with Crippen LogP contribution in [-0.4, -0.2) is 29.7 Å². The third kappa shape index (κ3) is 2.06. The minimum atomic E-state index is -0.763. The van der Waals surface area contributed by atoms with E-state index in [0.717, 1.165) is 5.71 Å². The lowest BCUT2D eigenvalue weighted by atomic mass is 10.0. The second-order valence-electron chi connectivity index (χ2n) is 5.43. The van der Waals surface area contributed by atoms with Gasteiger partial charge in [-0.3, -0.25) is 14.7 Å². The molecule has 0 aromatic heterocycles. The van der Waals surface area contributed by atoms with Crippen molar-refractivity contribution < 1.29 is 13.9 Å². The lowest BCUT2D eigenvalue weighted by Crippen LogP contribution is -2.42. The molecule has 1 saturated heterocycles. The Balaban J connectivity index is 1.69. The zero-order valence-electron chi connectivity index (χ0n) is 12.4. The van der Waals surface area contributed by atoms with Crippen molar-refractivity contribution in [2.24, 2.45) is 4.99 Å². The van der Waals surface area contributed by atoms with E-state index in [2.05, 4.69) is 10.3 Å². The molecule has 0 radical (unpaired) electrons. The number of carbonyl (C=O) groups is 1. The SMILES string of the molecule is COc1ccc(C2NC3=CN=C4C=CC=CC4N3C2=O)c(F)c1. The van der Waals surface area contributed by atoms with Crippen LogP contribution in [0.5, 0.6) is 5.75 Å². The first-order chi connectivity index (χ1) is 11.2. The average molecular weight is 311 g/mol. The Morgan fingerprint density at radius 1 is 1.35 bits per heavy atom. The van der Waals surface area contributed by atoms with Crippen LogP contribution in [0.3, 0.4) is 0 Å². The number of hydrogen-bond acceptors (Lipinski definition) is 4. The number of nitrogens with zero attached hydrogens (tertiary/aromatic N) is 2. The van der Waals surface area contributed by atoms with Crippen molar-refractivity contribution in [2.45, 2.75) is 12.1 Å². The maximum absolute atomic E-state index is 14.3. The highest BCUT2D eigenvalue weighted by atomic mass is 19.1. The molecule has 1 aliphatic carbocycles. The minimum absolute atomic E-state index is 0.197. The van der Waals surface area contributed by atoms with Crippen molar-refractivity contribution in [3.05, 3.63) is 65.9 Å². The molecule has 0 spiro atoms. The van der Waals surface area contributed by atoms with Gasteiger partial charge in [-0.15, -0.1) is 0 Å². The molecular formula is C17H14FN3O2. The lowest BCUT2D eigenvalue weighted by molar-refractivity contribution is -0.128. The topological polar surface area (TPSA) is 53.9 Å². The van der Waals surface area contributed by atoms with Gasteiger partial charge in [0.2, 0.25) is 0 Å². The van der Waals surface area contributed by atoms with Crippen molar-refractivity contribution in [3.63, 3.8) is 0 Å². The molecule has 5 nitrogen and oxygen atoms in total. The number of carbonyl (C=O) groups excluding carboxylic acids is 1. The fourth-order valence-electron chi connectivity index (χ4n) is 3.00. The number of aliphatic imine (C=N–C) groups is 1. The van der Waals surface area contributed by atoms with E-state index in [4.69, 9.17) is 4.74 Å². The van der Waals surface area contributed by atoms with Gasteiger partial charge in [0.15, 0.2) is 0 Å². The minimum Gasteiger partial charge on any atom is -0.497 e. The molecule has 1 N–H and O–H groups in total. The van der Waals surface area contributed by atoms with Gasteiger partial charge < -0.3 is 10.1 Å². The number of hydrogen-bond donors (Lipinski definition) is 1. The Kier molecular flexibility index (Phi) is 3.04. The predicted molar refractivity (Wildman–Crippen MR) is 83.3 cm³/mol. The zero-order valence-corrected chi connectivity index (χ0v) is 12.4. The Labute approximate surface area is 132 Å². The van der Waals surface area contributed by atoms with Crippen molar-refractivity contribution in [1.29, 1.82) is 0 Å². The van der Waals surface area contributed by atoms with Crippen molar-refractivity contribution in [1.82, 2.24) is 10.2 Å². The van der Waals surface area contributed by atoms with Gasteiger partial charge >= 0.3 is 0 Å². The summed E-state index contributed by atoms with van der Waals surface area (Å²) in [5, 5.41) is 3.06. The van der Waals surface area contributed by atoms with Crippen molar-refractivity contribution in [2.75, 3.05) is 7.11 Å². The average Bonchev–Trinajstić information content (AvgIpc) is 2.92. The lowest BCUT2D eigenvalue weighted by Gasteiger charge is -2.29. The van der Waals surface area contributed by atoms with E-state index in [1.165, 1.54) is 13.2 Å². The zero-order chi connectivity index (χ0) is 16.0. The number of benzene rings is 1. The third-order valence-corrected chi connectivity index (χ3v) is 4.14. The Hall–Kier alpha value is -2.89. The summed E-state index contributed by atoms with van der Waals surface area (Å²) in [7, 11) is 1.47. The highest BCUT2D eigenvalue weighted by Crippen LogP contribution is 2.33. The molecule has 116 valence electrons. The fourth-order valence-corrected chi connectivity index (χ4v) is 3.00. The second kappa shape index (κ2) is 5.08. The maximum Gasteiger partial charge on any atom is 0.256 e. The first-order valence-electron chi connectivity index (χ1n) is 7.25. The first-order valence-corrected chi connectivity index (χ1v) is 7.25. The summed E-state index contributed by atoms with van der Waals surface area (Å²) in [6.45, 7) is 0. The number of ether oxygens (including phenoxy) is 1. The maximum atomic E-state index is 14.3. The molecule has 4 rings (SSSR count). The van der Waals surface area contributed by atoms with Crippen LogP contribution in [0.25, 0.3) is 0 Å². The number of fused-ring (bicyclic) bond motifs is 3. The standard InChI is InChI=1S/C17H14FN3O2/c1-23-10-6-7-11(12(18)8-10)16-17(22)21-14-5-3-2-4-13(14)19-9-15(21)20-16/h2-9,14,16,20H,1H3. The monoisotopic (exact) mass is 311 g/mol. The third-order valence-electron chi connectivity index (χ3n) is 4.14. The second-order valence-corrected chi connectivity index (χ2v) is 5.43. The summed E-state index contributed by atoms with van der Waals surface area (Å²) in [6.07, 6.45) is 9.13. The van der Waals surface area contributed by atoms with E-state index in [1.54, 1.807) is 23.2 Å². The van der Waals surface area contributed by atoms with Crippen LogP contribution in [0, 0.1) is 5.82 Å². The highest BCUT2D eigenvalue weighted by Gasteiger charge is 2.43. The van der Waals surface area contributed by atoms with E-state index in [9.17, 15) is 9.18 Å². The molecule has 6 heteroatoms. The largest absolute Gasteiger partial charge is 0.497 e. The number of halogens is 1. The van der Waals surface area contributed by atoms with Crippen LogP contribution >= 0.6 is 0 Å². The summed E-state index contributed by atoms with van der Waals surface area (Å²) in [5.74, 6) is 0.331. The molecule has 2 heterocycles. The van der Waals surface area contributed by atoms with E-state index in [1.807, 2.05) is 24.3 Å². The molecule has 2 aliphatic heterocycles. The van der Waals surface area contributed by atoms with E-state index >= 15 is 0 Å². The summed E-state index contributed by atoms with van der Waals surface area (Å²) < 4.78 is 19.3. The fraction of sp³-hybridized carbons (Fsp3) is 0.176.